The number of thiophene rings is 1. The van der Waals surface area contributed by atoms with Crippen LogP contribution in [0.15, 0.2) is 109 Å². The Balaban J connectivity index is 1.40. The molecule has 2 aliphatic rings. The topological polar surface area (TPSA) is 37.4 Å². The predicted molar refractivity (Wildman–Crippen MR) is 168 cm³/mol. The molecule has 1 aliphatic heterocycles. The zero-order valence-electron chi connectivity index (χ0n) is 22.6. The van der Waals surface area contributed by atoms with E-state index < -0.39 is 0 Å². The lowest BCUT2D eigenvalue weighted by Crippen LogP contribution is -2.29. The van der Waals surface area contributed by atoms with E-state index in [9.17, 15) is 9.59 Å². The van der Waals surface area contributed by atoms with Gasteiger partial charge in [-0.05, 0) is 58.7 Å². The molecule has 0 atom stereocenters. The van der Waals surface area contributed by atoms with E-state index in [2.05, 4.69) is 91.5 Å². The van der Waals surface area contributed by atoms with E-state index in [4.69, 9.17) is 0 Å². The van der Waals surface area contributed by atoms with Gasteiger partial charge in [-0.3, -0.25) is 9.59 Å². The quantitative estimate of drug-likeness (QED) is 0.139. The van der Waals surface area contributed by atoms with Gasteiger partial charge in [0.2, 0.25) is 0 Å². The first-order valence-corrected chi connectivity index (χ1v) is 14.3. The molecule has 0 unspecified atom stereocenters. The van der Waals surface area contributed by atoms with Crippen molar-refractivity contribution < 1.29 is 9.59 Å². The third-order valence-electron chi connectivity index (χ3n) is 8.08. The number of rotatable bonds is 3. The van der Waals surface area contributed by atoms with Crippen LogP contribution in [0.5, 0.6) is 0 Å². The maximum atomic E-state index is 13.3. The van der Waals surface area contributed by atoms with Gasteiger partial charge in [0.05, 0.1) is 11.3 Å². The van der Waals surface area contributed by atoms with Crippen molar-refractivity contribution in [2.45, 2.75) is 19.3 Å². The van der Waals surface area contributed by atoms with Crippen molar-refractivity contribution in [2.24, 2.45) is 0 Å². The van der Waals surface area contributed by atoms with E-state index in [1.54, 1.807) is 23.5 Å². The fourth-order valence-corrected chi connectivity index (χ4v) is 7.22. The highest BCUT2D eigenvalue weighted by molar-refractivity contribution is 7.17. The first-order chi connectivity index (χ1) is 19.3. The molecule has 1 aromatic heterocycles. The van der Waals surface area contributed by atoms with Crippen LogP contribution in [-0.2, 0) is 5.41 Å². The van der Waals surface area contributed by atoms with Crippen molar-refractivity contribution in [3.63, 3.8) is 0 Å². The first-order valence-electron chi connectivity index (χ1n) is 13.4. The maximum absolute atomic E-state index is 13.3. The van der Waals surface area contributed by atoms with Gasteiger partial charge < -0.3 is 4.90 Å². The number of benzene rings is 4. The lowest BCUT2D eigenvalue weighted by atomic mass is 9.74. The minimum absolute atomic E-state index is 0.190. The number of fused-ring (bicyclic) bond motifs is 3. The predicted octanol–water partition coefficient (Wildman–Crippen LogP) is 7.25. The van der Waals surface area contributed by atoms with Gasteiger partial charge >= 0.3 is 0 Å². The number of Topliss-reactive ketones (excluding diaryl/α,β-unsaturated/α-hetero) is 2. The Morgan fingerprint density at radius 3 is 2.17 bits per heavy atom. The van der Waals surface area contributed by atoms with Crippen LogP contribution in [0, 0.1) is 0 Å². The summed E-state index contributed by atoms with van der Waals surface area (Å²) in [5.41, 5.74) is 8.91. The van der Waals surface area contributed by atoms with Crippen LogP contribution in [0.3, 0.4) is 0 Å². The van der Waals surface area contributed by atoms with Crippen molar-refractivity contribution in [1.82, 2.24) is 0 Å². The standard InChI is InChI=1S/C35H26BNO2S/c1-35(2)29-17-22(21-9-5-3-6-10-21)13-16-31(29)37(24-11-7-4-8-12-24)34-30(35)20-25(40-34)19-28-32(38)26-15-14-23(36)18-27(26)33(28)39/h3-20H,36H2,1-2H3/b28-19+. The molecule has 5 heteroatoms. The summed E-state index contributed by atoms with van der Waals surface area (Å²) in [5, 5.41) is 1.11. The number of anilines is 3. The lowest BCUT2D eigenvalue weighted by Gasteiger charge is -2.40. The molecule has 0 N–H and O–H groups in total. The summed E-state index contributed by atoms with van der Waals surface area (Å²) in [6.45, 7) is 4.52. The molecule has 0 saturated heterocycles. The highest BCUT2D eigenvalue weighted by Crippen LogP contribution is 2.55. The monoisotopic (exact) mass is 535 g/mol. The molecule has 5 aromatic rings. The zero-order chi connectivity index (χ0) is 27.6. The van der Waals surface area contributed by atoms with Crippen LogP contribution >= 0.6 is 11.3 Å². The highest BCUT2D eigenvalue weighted by Gasteiger charge is 2.39. The minimum atomic E-state index is -0.294. The average Bonchev–Trinajstić information content (AvgIpc) is 3.50. The van der Waals surface area contributed by atoms with Gasteiger partial charge in [-0.2, -0.15) is 0 Å². The molecule has 0 amide bonds. The number of hydrogen-bond donors (Lipinski definition) is 0. The molecule has 0 spiro atoms. The summed E-state index contributed by atoms with van der Waals surface area (Å²) < 4.78 is 0. The van der Waals surface area contributed by atoms with E-state index in [-0.39, 0.29) is 22.6 Å². The smallest absolute Gasteiger partial charge is 0.197 e. The molecule has 0 radical (unpaired) electrons. The normalized spacial score (nSPS) is 16.1. The zero-order valence-corrected chi connectivity index (χ0v) is 23.4. The Labute approximate surface area is 238 Å². The number of allylic oxidation sites excluding steroid dienone is 1. The number of hydrogen-bond acceptors (Lipinski definition) is 4. The molecule has 2 heterocycles. The second kappa shape index (κ2) is 9.04. The van der Waals surface area contributed by atoms with Gasteiger partial charge in [0.25, 0.3) is 0 Å². The Kier molecular flexibility index (Phi) is 5.55. The Morgan fingerprint density at radius 1 is 0.725 bits per heavy atom. The molecular weight excluding hydrogens is 509 g/mol. The maximum Gasteiger partial charge on any atom is 0.197 e. The summed E-state index contributed by atoms with van der Waals surface area (Å²) in [6.07, 6.45) is 1.79. The fourth-order valence-electron chi connectivity index (χ4n) is 5.93. The number of carbonyl (C=O) groups is 2. The molecule has 0 saturated carbocycles. The first kappa shape index (κ1) is 24.6. The molecular formula is C35H26BNO2S. The fraction of sp³-hybridized carbons (Fsp3) is 0.0857. The van der Waals surface area contributed by atoms with Crippen LogP contribution in [0.25, 0.3) is 17.2 Å². The average molecular weight is 535 g/mol. The van der Waals surface area contributed by atoms with Crippen LogP contribution in [0.1, 0.15) is 50.6 Å². The van der Waals surface area contributed by atoms with Gasteiger partial charge in [-0.1, -0.05) is 92.1 Å². The van der Waals surface area contributed by atoms with Gasteiger partial charge in [0.1, 0.15) is 12.8 Å². The molecule has 40 heavy (non-hydrogen) atoms. The number of carbonyl (C=O) groups excluding carboxylic acids is 2. The Bertz CT molecular complexity index is 1870. The van der Waals surface area contributed by atoms with Gasteiger partial charge in [-0.15, -0.1) is 11.3 Å². The third-order valence-corrected chi connectivity index (χ3v) is 9.15. The Morgan fingerprint density at radius 2 is 1.43 bits per heavy atom. The van der Waals surface area contributed by atoms with Gasteiger partial charge in [-0.25, -0.2) is 0 Å². The van der Waals surface area contributed by atoms with Crippen molar-refractivity contribution >= 4 is 58.7 Å². The summed E-state index contributed by atoms with van der Waals surface area (Å²) in [4.78, 5) is 29.7. The lowest BCUT2D eigenvalue weighted by molar-refractivity contribution is 0.0990. The van der Waals surface area contributed by atoms with Crippen LogP contribution in [0.4, 0.5) is 16.4 Å². The van der Waals surface area contributed by atoms with Crippen molar-refractivity contribution in [3.8, 4) is 11.1 Å². The van der Waals surface area contributed by atoms with Crippen LogP contribution in [-0.4, -0.2) is 19.4 Å². The highest BCUT2D eigenvalue weighted by atomic mass is 32.1. The number of nitrogens with zero attached hydrogens (tertiary/aromatic N) is 1. The molecule has 0 fully saturated rings. The third kappa shape index (κ3) is 3.73. The van der Waals surface area contributed by atoms with E-state index in [0.29, 0.717) is 11.1 Å². The summed E-state index contributed by atoms with van der Waals surface area (Å²) in [7, 11) is 1.94. The molecule has 1 aliphatic carbocycles. The van der Waals surface area contributed by atoms with Crippen molar-refractivity contribution in [1.29, 1.82) is 0 Å². The van der Waals surface area contributed by atoms with E-state index in [0.717, 1.165) is 26.7 Å². The second-order valence-corrected chi connectivity index (χ2v) is 12.1. The van der Waals surface area contributed by atoms with Crippen LogP contribution < -0.4 is 10.4 Å². The molecule has 0 bridgehead atoms. The molecule has 4 aromatic carbocycles. The van der Waals surface area contributed by atoms with Crippen molar-refractivity contribution in [3.05, 3.63) is 136 Å². The van der Waals surface area contributed by atoms with E-state index in [1.807, 2.05) is 32.1 Å². The molecule has 3 nitrogen and oxygen atoms in total. The number of para-hydroxylation sites is 1. The van der Waals surface area contributed by atoms with Gasteiger partial charge in [0, 0.05) is 27.1 Å². The number of ketones is 2. The van der Waals surface area contributed by atoms with Gasteiger partial charge in [0.15, 0.2) is 11.6 Å². The van der Waals surface area contributed by atoms with Crippen LogP contribution in [0.2, 0.25) is 0 Å². The van der Waals surface area contributed by atoms with E-state index in [1.165, 1.54) is 22.3 Å². The SMILES string of the molecule is Bc1ccc2c(c1)C(=O)/C(=C/c1cc3c(s1)N(c1ccccc1)c1ccc(-c4ccccc4)cc1C3(C)C)C2=O. The Hall–Kier alpha value is -4.48. The molecule has 192 valence electrons. The minimum Gasteiger partial charge on any atom is -0.301 e. The summed E-state index contributed by atoms with van der Waals surface area (Å²) >= 11 is 1.62. The summed E-state index contributed by atoms with van der Waals surface area (Å²) in [6, 6.07) is 35.2. The second-order valence-electron chi connectivity index (χ2n) is 11.0. The largest absolute Gasteiger partial charge is 0.301 e. The van der Waals surface area contributed by atoms with Crippen molar-refractivity contribution in [2.75, 3.05) is 4.90 Å². The summed E-state index contributed by atoms with van der Waals surface area (Å²) in [5.74, 6) is -0.383. The molecule has 7 rings (SSSR count). The van der Waals surface area contributed by atoms with E-state index >= 15 is 0 Å².